The average Bonchev–Trinajstić information content (AvgIpc) is 3.11. The number of carboxylic acids is 1. The van der Waals surface area contributed by atoms with Gasteiger partial charge in [-0.15, -0.1) is 0 Å². The van der Waals surface area contributed by atoms with Crippen LogP contribution in [0.25, 0.3) is 0 Å². The number of hydrogen-bond donors (Lipinski definition) is 1. The predicted octanol–water partition coefficient (Wildman–Crippen LogP) is 10.8. The molecular formula is C45H76NO7+. The zero-order valence-corrected chi connectivity index (χ0v) is 34.2. The summed E-state index contributed by atoms with van der Waals surface area (Å²) in [5.74, 6) is -1.58. The largest absolute Gasteiger partial charge is 0.477 e. The highest BCUT2D eigenvalue weighted by molar-refractivity contribution is 5.72. The van der Waals surface area contributed by atoms with E-state index in [1.807, 2.05) is 75.8 Å². The second-order valence-electron chi connectivity index (χ2n) is 14.6. The Morgan fingerprint density at radius 2 is 1.09 bits per heavy atom. The van der Waals surface area contributed by atoms with Crippen molar-refractivity contribution in [2.45, 2.75) is 154 Å². The number of carbonyl (C=O) groups is 3. The third-order valence-electron chi connectivity index (χ3n) is 8.72. The van der Waals surface area contributed by atoms with Crippen LogP contribution in [0.1, 0.15) is 142 Å². The van der Waals surface area contributed by atoms with Gasteiger partial charge in [-0.3, -0.25) is 9.59 Å². The van der Waals surface area contributed by atoms with Crippen molar-refractivity contribution in [1.29, 1.82) is 0 Å². The second kappa shape index (κ2) is 35.8. The van der Waals surface area contributed by atoms with Crippen LogP contribution in [-0.2, 0) is 28.6 Å². The van der Waals surface area contributed by atoms with Crippen molar-refractivity contribution in [3.63, 3.8) is 0 Å². The van der Waals surface area contributed by atoms with E-state index in [1.54, 1.807) is 0 Å². The molecule has 302 valence electrons. The lowest BCUT2D eigenvalue weighted by Gasteiger charge is -2.31. The molecule has 0 aliphatic carbocycles. The Labute approximate surface area is 323 Å². The number of aliphatic carboxylic acids is 1. The highest BCUT2D eigenvalue weighted by Crippen LogP contribution is 2.13. The molecule has 0 fully saturated rings. The van der Waals surface area contributed by atoms with E-state index in [0.717, 1.165) is 44.9 Å². The third-order valence-corrected chi connectivity index (χ3v) is 8.72. The van der Waals surface area contributed by atoms with Crippen LogP contribution in [0.5, 0.6) is 0 Å². The fourth-order valence-electron chi connectivity index (χ4n) is 5.53. The first-order chi connectivity index (χ1) is 25.6. The fraction of sp³-hybridized carbons (Fsp3) is 0.667. The Hall–Kier alpha value is -3.23. The number of quaternary nitrogens is 1. The minimum Gasteiger partial charge on any atom is -0.477 e. The maximum absolute atomic E-state index is 12.7. The molecule has 0 spiro atoms. The van der Waals surface area contributed by atoms with Crippen molar-refractivity contribution < 1.29 is 38.2 Å². The minimum atomic E-state index is -0.889. The van der Waals surface area contributed by atoms with Crippen molar-refractivity contribution in [3.8, 4) is 0 Å². The van der Waals surface area contributed by atoms with Gasteiger partial charge in [0, 0.05) is 19.3 Å². The van der Waals surface area contributed by atoms with Crippen LogP contribution in [0.2, 0.25) is 0 Å². The van der Waals surface area contributed by atoms with Crippen LogP contribution in [0.15, 0.2) is 72.9 Å². The van der Waals surface area contributed by atoms with Crippen molar-refractivity contribution in [2.75, 3.05) is 41.0 Å². The van der Waals surface area contributed by atoms with E-state index in [-0.39, 0.29) is 42.7 Å². The van der Waals surface area contributed by atoms with Gasteiger partial charge in [0.1, 0.15) is 6.61 Å². The number of carbonyl (C=O) groups excluding carboxylic acids is 2. The standard InChI is InChI=1S/C45H75NO7/c1-6-8-10-12-14-16-18-20-21-22-24-26-28-30-32-34-36-44(48)53-41(39-51-38-37-42(45(49)50)46(3,4)5)40-52-43(47)35-33-31-29-27-25-23-19-17-15-13-11-9-7-2/h9,11,13,15,17,19,21-23,25,27,29,41-42H,6-8,10,12,14,16,18,20,24,26,28,30-40H2,1-5H3/p+1/b11-9+,15-13+,19-17+,22-21+,25-23+,29-27+. The molecule has 0 radical (unpaired) electrons. The van der Waals surface area contributed by atoms with E-state index in [4.69, 9.17) is 14.2 Å². The zero-order valence-electron chi connectivity index (χ0n) is 34.2. The molecule has 0 rings (SSSR count). The second-order valence-corrected chi connectivity index (χ2v) is 14.6. The van der Waals surface area contributed by atoms with E-state index in [9.17, 15) is 19.5 Å². The molecule has 0 aromatic heterocycles. The molecular weight excluding hydrogens is 666 g/mol. The summed E-state index contributed by atoms with van der Waals surface area (Å²) in [4.78, 5) is 36.8. The number of ether oxygens (including phenoxy) is 3. The normalized spacial score (nSPS) is 13.8. The number of hydrogen-bond acceptors (Lipinski definition) is 6. The summed E-state index contributed by atoms with van der Waals surface area (Å²) in [6, 6.07) is -0.629. The maximum Gasteiger partial charge on any atom is 0.362 e. The Bertz CT molecular complexity index is 1100. The van der Waals surface area contributed by atoms with Gasteiger partial charge in [-0.05, 0) is 51.4 Å². The summed E-state index contributed by atoms with van der Waals surface area (Å²) in [6.45, 7) is 4.48. The Kier molecular flexibility index (Phi) is 33.6. The highest BCUT2D eigenvalue weighted by Gasteiger charge is 2.31. The molecule has 2 atom stereocenters. The average molecular weight is 743 g/mol. The van der Waals surface area contributed by atoms with Gasteiger partial charge in [0.25, 0.3) is 0 Å². The first-order valence-electron chi connectivity index (χ1n) is 20.5. The molecule has 0 aliphatic rings. The number of unbranched alkanes of at least 4 members (excludes halogenated alkanes) is 13. The van der Waals surface area contributed by atoms with E-state index in [2.05, 4.69) is 32.1 Å². The molecule has 0 aliphatic heterocycles. The first kappa shape index (κ1) is 49.8. The molecule has 0 saturated heterocycles. The minimum absolute atomic E-state index is 0.0315. The van der Waals surface area contributed by atoms with Gasteiger partial charge in [-0.25, -0.2) is 4.79 Å². The molecule has 0 amide bonds. The molecule has 0 aromatic rings. The summed E-state index contributed by atoms with van der Waals surface area (Å²) in [7, 11) is 5.49. The molecule has 53 heavy (non-hydrogen) atoms. The van der Waals surface area contributed by atoms with Crippen molar-refractivity contribution in [1.82, 2.24) is 0 Å². The monoisotopic (exact) mass is 743 g/mol. The fourth-order valence-corrected chi connectivity index (χ4v) is 5.53. The summed E-state index contributed by atoms with van der Waals surface area (Å²) >= 11 is 0. The van der Waals surface area contributed by atoms with Crippen molar-refractivity contribution in [2.24, 2.45) is 0 Å². The molecule has 2 unspecified atom stereocenters. The molecule has 0 heterocycles. The van der Waals surface area contributed by atoms with E-state index < -0.39 is 18.1 Å². The van der Waals surface area contributed by atoms with Crippen LogP contribution in [0.3, 0.4) is 0 Å². The van der Waals surface area contributed by atoms with E-state index in [0.29, 0.717) is 19.3 Å². The Morgan fingerprint density at radius 1 is 0.585 bits per heavy atom. The Morgan fingerprint density at radius 3 is 1.66 bits per heavy atom. The molecule has 0 saturated carbocycles. The van der Waals surface area contributed by atoms with Gasteiger partial charge >= 0.3 is 17.9 Å². The third kappa shape index (κ3) is 34.3. The number of rotatable bonds is 35. The number of nitrogens with zero attached hydrogens (tertiary/aromatic N) is 1. The number of carboxylic acid groups (broad SMARTS) is 1. The van der Waals surface area contributed by atoms with Crippen LogP contribution in [0, 0.1) is 0 Å². The van der Waals surface area contributed by atoms with Crippen molar-refractivity contribution >= 4 is 17.9 Å². The lowest BCUT2D eigenvalue weighted by atomic mass is 10.1. The topological polar surface area (TPSA) is 99.1 Å². The number of esters is 2. The molecule has 0 bridgehead atoms. The van der Waals surface area contributed by atoms with Gasteiger partial charge in [0.05, 0.1) is 34.4 Å². The summed E-state index contributed by atoms with van der Waals surface area (Å²) in [5.41, 5.74) is 0. The quantitative estimate of drug-likeness (QED) is 0.0227. The van der Waals surface area contributed by atoms with E-state index in [1.165, 1.54) is 57.8 Å². The summed E-state index contributed by atoms with van der Waals surface area (Å²) in [6.07, 6.45) is 43.8. The summed E-state index contributed by atoms with van der Waals surface area (Å²) < 4.78 is 17.1. The lowest BCUT2D eigenvalue weighted by molar-refractivity contribution is -0.887. The van der Waals surface area contributed by atoms with Gasteiger partial charge in [-0.1, -0.05) is 145 Å². The lowest BCUT2D eigenvalue weighted by Crippen LogP contribution is -2.50. The highest BCUT2D eigenvalue weighted by atomic mass is 16.6. The zero-order chi connectivity index (χ0) is 39.3. The van der Waals surface area contributed by atoms with Crippen LogP contribution in [-0.4, -0.2) is 80.6 Å². The smallest absolute Gasteiger partial charge is 0.362 e. The van der Waals surface area contributed by atoms with Crippen LogP contribution >= 0.6 is 0 Å². The molecule has 8 nitrogen and oxygen atoms in total. The summed E-state index contributed by atoms with van der Waals surface area (Å²) in [5, 5.41) is 9.60. The van der Waals surface area contributed by atoms with Crippen LogP contribution < -0.4 is 0 Å². The van der Waals surface area contributed by atoms with Crippen LogP contribution in [0.4, 0.5) is 0 Å². The first-order valence-corrected chi connectivity index (χ1v) is 20.5. The van der Waals surface area contributed by atoms with Gasteiger partial charge in [0.2, 0.25) is 0 Å². The van der Waals surface area contributed by atoms with Gasteiger partial charge in [0.15, 0.2) is 12.1 Å². The maximum atomic E-state index is 12.7. The van der Waals surface area contributed by atoms with Gasteiger partial charge in [-0.2, -0.15) is 0 Å². The number of allylic oxidation sites excluding steroid dienone is 12. The molecule has 8 heteroatoms. The molecule has 0 aromatic carbocycles. The molecule has 1 N–H and O–H groups in total. The number of likely N-dealkylation sites (N-methyl/N-ethyl adjacent to an activating group) is 1. The van der Waals surface area contributed by atoms with Crippen molar-refractivity contribution in [3.05, 3.63) is 72.9 Å². The van der Waals surface area contributed by atoms with E-state index >= 15 is 0 Å². The predicted molar refractivity (Wildman–Crippen MR) is 220 cm³/mol. The SMILES string of the molecule is CC/C=C/C=C/C=C/C=C/C=C/CCCC(=O)OCC(COCCC(C(=O)O)[N+](C)(C)C)OC(=O)CCCCCCC/C=C/CCCCCCCCC. The Balaban J connectivity index is 4.51. The van der Waals surface area contributed by atoms with Gasteiger partial charge < -0.3 is 23.8 Å².